The smallest absolute Gasteiger partial charge is 0.135 e. The molecule has 1 aromatic carbocycles. The highest BCUT2D eigenvalue weighted by Gasteiger charge is 2.65. The van der Waals surface area contributed by atoms with Crippen molar-refractivity contribution in [3.8, 4) is 11.3 Å². The van der Waals surface area contributed by atoms with E-state index in [0.29, 0.717) is 12.4 Å². The predicted octanol–water partition coefficient (Wildman–Crippen LogP) is 5.59. The lowest BCUT2D eigenvalue weighted by Crippen LogP contribution is -2.37. The monoisotopic (exact) mass is 516 g/mol. The van der Waals surface area contributed by atoms with Crippen molar-refractivity contribution in [2.75, 3.05) is 11.9 Å². The number of halogens is 2. The Morgan fingerprint density at radius 1 is 1.13 bits per heavy atom. The number of benzene rings is 1. The van der Waals surface area contributed by atoms with Gasteiger partial charge >= 0.3 is 0 Å². The average Bonchev–Trinajstić information content (AvgIpc) is 3.50. The van der Waals surface area contributed by atoms with Crippen molar-refractivity contribution < 1.29 is 13.9 Å². The highest BCUT2D eigenvalue weighted by Crippen LogP contribution is 2.69. The Hall–Kier alpha value is -3.72. The van der Waals surface area contributed by atoms with Crippen LogP contribution < -0.4 is 5.32 Å². The molecule has 0 amide bonds. The highest BCUT2D eigenvalue weighted by atomic mass is 19.1. The maximum atomic E-state index is 14.5. The minimum atomic E-state index is -0.647. The van der Waals surface area contributed by atoms with Gasteiger partial charge in [0.15, 0.2) is 0 Å². The number of aliphatic hydroxyl groups excluding tert-OH is 1. The standard InChI is InChI=1S/C29H30F2N6O/c1-17(16-38)14-37-15-18(13-32-37)33-25-9-5-8-24(34-25)29-11-10-20(28(29,2)3)19-12-23(35-36-27(19)29)26-21(30)6-4-7-22(26)31/h4-9,12-13,15,17,20,38H,10-11,14,16H2,1-3H3,(H,33,34)/t17-,20-,29-/m0/s1. The summed E-state index contributed by atoms with van der Waals surface area (Å²) in [6.07, 6.45) is 5.44. The molecule has 1 saturated carbocycles. The maximum absolute atomic E-state index is 14.5. The van der Waals surface area contributed by atoms with Crippen LogP contribution in [0.5, 0.6) is 0 Å². The quantitative estimate of drug-likeness (QED) is 0.333. The molecule has 1 fully saturated rings. The summed E-state index contributed by atoms with van der Waals surface area (Å²) in [7, 11) is 0. The van der Waals surface area contributed by atoms with Crippen molar-refractivity contribution in [3.63, 3.8) is 0 Å². The number of anilines is 2. The Morgan fingerprint density at radius 3 is 2.66 bits per heavy atom. The van der Waals surface area contributed by atoms with Crippen LogP contribution in [0.2, 0.25) is 0 Å². The van der Waals surface area contributed by atoms with Gasteiger partial charge in [0.2, 0.25) is 0 Å². The van der Waals surface area contributed by atoms with E-state index < -0.39 is 17.0 Å². The zero-order chi connectivity index (χ0) is 26.7. The molecular formula is C29H30F2N6O. The van der Waals surface area contributed by atoms with Gasteiger partial charge in [-0.05, 0) is 66.0 Å². The normalized spacial score (nSPS) is 21.9. The van der Waals surface area contributed by atoms with E-state index in [1.54, 1.807) is 10.9 Å². The van der Waals surface area contributed by atoms with Crippen molar-refractivity contribution >= 4 is 11.5 Å². The molecule has 2 bridgehead atoms. The fourth-order valence-corrected chi connectivity index (χ4v) is 6.55. The second-order valence-electron chi connectivity index (χ2n) is 11.1. The molecule has 0 aliphatic heterocycles. The summed E-state index contributed by atoms with van der Waals surface area (Å²) >= 11 is 0. The van der Waals surface area contributed by atoms with E-state index in [2.05, 4.69) is 34.5 Å². The summed E-state index contributed by atoms with van der Waals surface area (Å²) in [5, 5.41) is 26.0. The van der Waals surface area contributed by atoms with Crippen molar-refractivity contribution in [1.82, 2.24) is 25.0 Å². The fraction of sp³-hybridized carbons (Fsp3) is 0.379. The number of aromatic nitrogens is 5. The van der Waals surface area contributed by atoms with E-state index in [0.717, 1.165) is 35.5 Å². The summed E-state index contributed by atoms with van der Waals surface area (Å²) in [5.74, 6) is -0.319. The first-order chi connectivity index (χ1) is 18.2. The van der Waals surface area contributed by atoms with Crippen molar-refractivity contribution in [3.05, 3.63) is 83.4 Å². The number of nitrogens with one attached hydrogen (secondary N) is 1. The Labute approximate surface area is 220 Å². The van der Waals surface area contributed by atoms with Crippen LogP contribution in [0, 0.1) is 23.0 Å². The van der Waals surface area contributed by atoms with E-state index in [1.165, 1.54) is 18.2 Å². The molecule has 7 nitrogen and oxygen atoms in total. The minimum Gasteiger partial charge on any atom is -0.396 e. The number of aliphatic hydroxyl groups is 1. The lowest BCUT2D eigenvalue weighted by Gasteiger charge is -2.37. The summed E-state index contributed by atoms with van der Waals surface area (Å²) in [6, 6.07) is 11.6. The molecule has 9 heteroatoms. The van der Waals surface area contributed by atoms with Gasteiger partial charge in [-0.1, -0.05) is 32.9 Å². The molecule has 6 rings (SSSR count). The number of pyridine rings is 1. The van der Waals surface area contributed by atoms with Gasteiger partial charge in [-0.25, -0.2) is 13.8 Å². The molecule has 196 valence electrons. The van der Waals surface area contributed by atoms with Crippen LogP contribution in [0.4, 0.5) is 20.3 Å². The second kappa shape index (κ2) is 8.94. The fourth-order valence-electron chi connectivity index (χ4n) is 6.55. The third-order valence-corrected chi connectivity index (χ3v) is 8.50. The van der Waals surface area contributed by atoms with Crippen molar-refractivity contribution in [2.24, 2.45) is 11.3 Å². The first kappa shape index (κ1) is 24.6. The number of fused-ring (bicyclic) bond motifs is 5. The zero-order valence-electron chi connectivity index (χ0n) is 21.6. The number of hydrogen-bond acceptors (Lipinski definition) is 6. The van der Waals surface area contributed by atoms with Crippen LogP contribution in [0.15, 0.2) is 54.9 Å². The third-order valence-electron chi connectivity index (χ3n) is 8.50. The van der Waals surface area contributed by atoms with E-state index in [9.17, 15) is 13.9 Å². The number of rotatable bonds is 7. The summed E-state index contributed by atoms with van der Waals surface area (Å²) in [6.45, 7) is 7.15. The molecule has 3 atom stereocenters. The predicted molar refractivity (Wildman–Crippen MR) is 140 cm³/mol. The Balaban J connectivity index is 1.37. The van der Waals surface area contributed by atoms with Crippen LogP contribution in [0.1, 0.15) is 56.5 Å². The number of nitrogens with zero attached hydrogens (tertiary/aromatic N) is 5. The molecular weight excluding hydrogens is 486 g/mol. The summed E-state index contributed by atoms with van der Waals surface area (Å²) in [5.41, 5.74) is 2.93. The van der Waals surface area contributed by atoms with E-state index in [4.69, 9.17) is 4.98 Å². The van der Waals surface area contributed by atoms with Gasteiger partial charge in [0.1, 0.15) is 17.5 Å². The SMILES string of the molecule is C[C@H](CO)Cn1cc(Nc2cccc([C@@]34CC[C@@H](c5cc(-c6c(F)cccc6F)nnc53)C4(C)C)n2)cn1. The second-order valence-corrected chi connectivity index (χ2v) is 11.1. The van der Waals surface area contributed by atoms with Crippen LogP contribution in [0.3, 0.4) is 0 Å². The summed E-state index contributed by atoms with van der Waals surface area (Å²) < 4.78 is 30.9. The van der Waals surface area contributed by atoms with Crippen LogP contribution >= 0.6 is 0 Å². The molecule has 2 aliphatic carbocycles. The van der Waals surface area contributed by atoms with E-state index in [-0.39, 0.29) is 35.1 Å². The van der Waals surface area contributed by atoms with Gasteiger partial charge in [-0.2, -0.15) is 10.2 Å². The number of hydrogen-bond donors (Lipinski definition) is 2. The van der Waals surface area contributed by atoms with Crippen LogP contribution in [-0.4, -0.2) is 36.7 Å². The first-order valence-corrected chi connectivity index (χ1v) is 12.9. The molecule has 2 N–H and O–H groups in total. The Kier molecular flexibility index (Phi) is 5.79. The molecule has 4 aromatic rings. The highest BCUT2D eigenvalue weighted by molar-refractivity contribution is 5.64. The largest absolute Gasteiger partial charge is 0.396 e. The molecule has 38 heavy (non-hydrogen) atoms. The molecule has 3 heterocycles. The average molecular weight is 517 g/mol. The zero-order valence-corrected chi connectivity index (χ0v) is 21.6. The van der Waals surface area contributed by atoms with Crippen molar-refractivity contribution in [1.29, 1.82) is 0 Å². The van der Waals surface area contributed by atoms with E-state index in [1.807, 2.05) is 37.4 Å². The Bertz CT molecular complexity index is 1500. The third kappa shape index (κ3) is 3.63. The van der Waals surface area contributed by atoms with Crippen LogP contribution in [0.25, 0.3) is 11.3 Å². The molecule has 0 unspecified atom stereocenters. The Morgan fingerprint density at radius 2 is 1.89 bits per heavy atom. The molecule has 0 spiro atoms. The molecule has 0 radical (unpaired) electrons. The molecule has 2 aliphatic rings. The molecule has 3 aromatic heterocycles. The lowest BCUT2D eigenvalue weighted by atomic mass is 9.66. The molecule has 0 saturated heterocycles. The summed E-state index contributed by atoms with van der Waals surface area (Å²) in [4.78, 5) is 5.03. The van der Waals surface area contributed by atoms with E-state index >= 15 is 0 Å². The van der Waals surface area contributed by atoms with Gasteiger partial charge in [-0.15, -0.1) is 5.10 Å². The minimum absolute atomic E-state index is 0.103. The van der Waals surface area contributed by atoms with Gasteiger partial charge < -0.3 is 10.4 Å². The maximum Gasteiger partial charge on any atom is 0.135 e. The topological polar surface area (TPSA) is 88.8 Å². The van der Waals surface area contributed by atoms with Gasteiger partial charge in [0, 0.05) is 19.3 Å². The van der Waals surface area contributed by atoms with Crippen molar-refractivity contribution in [2.45, 2.75) is 51.5 Å². The lowest BCUT2D eigenvalue weighted by molar-refractivity contribution is 0.219. The van der Waals surface area contributed by atoms with Gasteiger partial charge in [0.05, 0.1) is 39.9 Å². The van der Waals surface area contributed by atoms with Gasteiger partial charge in [-0.3, -0.25) is 4.68 Å². The van der Waals surface area contributed by atoms with Crippen LogP contribution in [-0.2, 0) is 12.0 Å². The van der Waals surface area contributed by atoms with Gasteiger partial charge in [0.25, 0.3) is 0 Å². The first-order valence-electron chi connectivity index (χ1n) is 12.9.